The normalized spacial score (nSPS) is 13.9. The van der Waals surface area contributed by atoms with E-state index in [1.165, 1.54) is 22.5 Å². The highest BCUT2D eigenvalue weighted by Gasteiger charge is 2.16. The summed E-state index contributed by atoms with van der Waals surface area (Å²) in [7, 11) is 0. The van der Waals surface area contributed by atoms with Crippen LogP contribution in [0, 0.1) is 0 Å². The highest BCUT2D eigenvalue weighted by molar-refractivity contribution is 9.10. The summed E-state index contributed by atoms with van der Waals surface area (Å²) >= 11 is 4.84. The van der Waals surface area contributed by atoms with Crippen molar-refractivity contribution in [1.82, 2.24) is 5.32 Å². The number of carbonyl (C=O) groups is 1. The van der Waals surface area contributed by atoms with Crippen LogP contribution in [0.25, 0.3) is 0 Å². The molecule has 0 radical (unpaired) electrons. The number of nitrogens with one attached hydrogen (secondary N) is 2. The van der Waals surface area contributed by atoms with E-state index in [1.54, 1.807) is 0 Å². The van der Waals surface area contributed by atoms with Gasteiger partial charge in [-0.15, -0.1) is 11.3 Å². The molecule has 3 rings (SSSR count). The standard InChI is InChI=1S/C14H13BrN2OS/c15-11-5-7-19-13(11)14(18)17-12-3-1-2-9-8-16-6-4-10(9)12/h1-3,5,7,16H,4,6,8H2,(H,17,18). The van der Waals surface area contributed by atoms with Gasteiger partial charge in [0, 0.05) is 16.7 Å². The largest absolute Gasteiger partial charge is 0.321 e. The zero-order valence-corrected chi connectivity index (χ0v) is 12.6. The van der Waals surface area contributed by atoms with Crippen molar-refractivity contribution >= 4 is 38.9 Å². The van der Waals surface area contributed by atoms with Gasteiger partial charge in [-0.1, -0.05) is 12.1 Å². The number of benzene rings is 1. The van der Waals surface area contributed by atoms with E-state index in [4.69, 9.17) is 0 Å². The molecule has 1 aromatic carbocycles. The Labute approximate surface area is 124 Å². The van der Waals surface area contributed by atoms with E-state index in [-0.39, 0.29) is 5.91 Å². The lowest BCUT2D eigenvalue weighted by Crippen LogP contribution is -2.25. The van der Waals surface area contributed by atoms with Gasteiger partial charge in [-0.2, -0.15) is 0 Å². The zero-order valence-electron chi connectivity index (χ0n) is 10.2. The molecule has 2 aromatic rings. The molecule has 0 saturated heterocycles. The third-order valence-corrected chi connectivity index (χ3v) is 5.05. The third kappa shape index (κ3) is 2.59. The fraction of sp³-hybridized carbons (Fsp3) is 0.214. The number of hydrogen-bond acceptors (Lipinski definition) is 3. The number of thiophene rings is 1. The molecular formula is C14H13BrN2OS. The Morgan fingerprint density at radius 1 is 1.37 bits per heavy atom. The molecule has 0 bridgehead atoms. The maximum atomic E-state index is 12.2. The number of rotatable bonds is 2. The van der Waals surface area contributed by atoms with Gasteiger partial charge >= 0.3 is 0 Å². The van der Waals surface area contributed by atoms with Crippen molar-refractivity contribution in [3.8, 4) is 0 Å². The van der Waals surface area contributed by atoms with Crippen LogP contribution in [0.15, 0.2) is 34.1 Å². The van der Waals surface area contributed by atoms with Gasteiger partial charge < -0.3 is 10.6 Å². The van der Waals surface area contributed by atoms with Crippen LogP contribution < -0.4 is 10.6 Å². The van der Waals surface area contributed by atoms with Crippen molar-refractivity contribution in [3.63, 3.8) is 0 Å². The van der Waals surface area contributed by atoms with E-state index in [9.17, 15) is 4.79 Å². The number of carbonyl (C=O) groups excluding carboxylic acids is 1. The third-order valence-electron chi connectivity index (χ3n) is 3.21. The van der Waals surface area contributed by atoms with Crippen molar-refractivity contribution < 1.29 is 4.79 Å². The number of anilines is 1. The van der Waals surface area contributed by atoms with Crippen molar-refractivity contribution in [2.75, 3.05) is 11.9 Å². The monoisotopic (exact) mass is 336 g/mol. The Kier molecular flexibility index (Phi) is 3.68. The second kappa shape index (κ2) is 5.45. The molecular weight excluding hydrogens is 324 g/mol. The predicted molar refractivity (Wildman–Crippen MR) is 81.8 cm³/mol. The van der Waals surface area contributed by atoms with Crippen molar-refractivity contribution in [2.45, 2.75) is 13.0 Å². The van der Waals surface area contributed by atoms with E-state index in [2.05, 4.69) is 32.6 Å². The Bertz CT molecular complexity index is 624. The van der Waals surface area contributed by atoms with E-state index < -0.39 is 0 Å². The maximum absolute atomic E-state index is 12.2. The SMILES string of the molecule is O=C(Nc1cccc2c1CCNC2)c1sccc1Br. The smallest absolute Gasteiger partial charge is 0.266 e. The molecule has 2 heterocycles. The Balaban J connectivity index is 1.88. The van der Waals surface area contributed by atoms with Crippen LogP contribution in [0.4, 0.5) is 5.69 Å². The Morgan fingerprint density at radius 3 is 3.05 bits per heavy atom. The first-order chi connectivity index (χ1) is 9.25. The number of halogens is 1. The lowest BCUT2D eigenvalue weighted by molar-refractivity contribution is 0.103. The van der Waals surface area contributed by atoms with Gasteiger partial charge in [0.25, 0.3) is 5.91 Å². The van der Waals surface area contributed by atoms with E-state index in [1.807, 2.05) is 23.6 Å². The molecule has 1 amide bonds. The van der Waals surface area contributed by atoms with Crippen molar-refractivity contribution in [2.24, 2.45) is 0 Å². The molecule has 2 N–H and O–H groups in total. The molecule has 0 aliphatic carbocycles. The van der Waals surface area contributed by atoms with Gasteiger partial charge in [-0.25, -0.2) is 0 Å². The van der Waals surface area contributed by atoms with Crippen LogP contribution in [0.5, 0.6) is 0 Å². The summed E-state index contributed by atoms with van der Waals surface area (Å²) in [4.78, 5) is 12.9. The fourth-order valence-electron chi connectivity index (χ4n) is 2.28. The summed E-state index contributed by atoms with van der Waals surface area (Å²) in [5.74, 6) is -0.0474. The van der Waals surface area contributed by atoms with Gasteiger partial charge in [-0.3, -0.25) is 4.79 Å². The topological polar surface area (TPSA) is 41.1 Å². The lowest BCUT2D eigenvalue weighted by Gasteiger charge is -2.20. The molecule has 19 heavy (non-hydrogen) atoms. The number of hydrogen-bond donors (Lipinski definition) is 2. The second-order valence-electron chi connectivity index (χ2n) is 4.42. The highest BCUT2D eigenvalue weighted by atomic mass is 79.9. The van der Waals surface area contributed by atoms with Crippen LogP contribution >= 0.6 is 27.3 Å². The summed E-state index contributed by atoms with van der Waals surface area (Å²) in [5.41, 5.74) is 3.46. The summed E-state index contributed by atoms with van der Waals surface area (Å²) < 4.78 is 0.849. The molecule has 0 fully saturated rings. The van der Waals surface area contributed by atoms with Crippen molar-refractivity contribution in [1.29, 1.82) is 0 Å². The molecule has 98 valence electrons. The van der Waals surface area contributed by atoms with E-state index in [0.717, 1.165) is 29.7 Å². The van der Waals surface area contributed by atoms with E-state index in [0.29, 0.717) is 4.88 Å². The molecule has 1 aromatic heterocycles. The van der Waals surface area contributed by atoms with Gasteiger partial charge in [0.05, 0.1) is 0 Å². The second-order valence-corrected chi connectivity index (χ2v) is 6.19. The predicted octanol–water partition coefficient (Wildman–Crippen LogP) is 3.41. The van der Waals surface area contributed by atoms with Crippen LogP contribution in [0.1, 0.15) is 20.8 Å². The average molecular weight is 337 g/mol. The maximum Gasteiger partial charge on any atom is 0.266 e. The van der Waals surface area contributed by atoms with Gasteiger partial charge in [0.15, 0.2) is 0 Å². The number of amides is 1. The van der Waals surface area contributed by atoms with Gasteiger partial charge in [-0.05, 0) is 57.5 Å². The molecule has 0 saturated carbocycles. The summed E-state index contributed by atoms with van der Waals surface area (Å²) in [6.45, 7) is 1.84. The highest BCUT2D eigenvalue weighted by Crippen LogP contribution is 2.27. The van der Waals surface area contributed by atoms with Crippen LogP contribution in [-0.2, 0) is 13.0 Å². The molecule has 0 spiro atoms. The molecule has 0 unspecified atom stereocenters. The van der Waals surface area contributed by atoms with Crippen LogP contribution in [-0.4, -0.2) is 12.5 Å². The van der Waals surface area contributed by atoms with Crippen LogP contribution in [0.3, 0.4) is 0 Å². The summed E-state index contributed by atoms with van der Waals surface area (Å²) in [6, 6.07) is 7.97. The van der Waals surface area contributed by atoms with E-state index >= 15 is 0 Å². The Morgan fingerprint density at radius 2 is 2.26 bits per heavy atom. The van der Waals surface area contributed by atoms with Crippen molar-refractivity contribution in [3.05, 3.63) is 50.1 Å². The molecule has 3 nitrogen and oxygen atoms in total. The van der Waals surface area contributed by atoms with Gasteiger partial charge in [0.2, 0.25) is 0 Å². The summed E-state index contributed by atoms with van der Waals surface area (Å²) in [6.07, 6.45) is 0.956. The lowest BCUT2D eigenvalue weighted by atomic mass is 9.99. The first-order valence-corrected chi connectivity index (χ1v) is 7.79. The average Bonchev–Trinajstić information content (AvgIpc) is 2.85. The number of fused-ring (bicyclic) bond motifs is 1. The zero-order chi connectivity index (χ0) is 13.2. The summed E-state index contributed by atoms with van der Waals surface area (Å²) in [5, 5.41) is 8.27. The van der Waals surface area contributed by atoms with Crippen LogP contribution in [0.2, 0.25) is 0 Å². The fourth-order valence-corrected chi connectivity index (χ4v) is 3.73. The molecule has 0 atom stereocenters. The minimum atomic E-state index is -0.0474. The quantitative estimate of drug-likeness (QED) is 0.882. The first-order valence-electron chi connectivity index (χ1n) is 6.11. The molecule has 1 aliphatic rings. The minimum absolute atomic E-state index is 0.0474. The molecule has 1 aliphatic heterocycles. The Hall–Kier alpha value is -1.17. The minimum Gasteiger partial charge on any atom is -0.321 e. The van der Waals surface area contributed by atoms with Gasteiger partial charge in [0.1, 0.15) is 4.88 Å². The molecule has 5 heteroatoms. The first kappa shape index (κ1) is 12.8.